The van der Waals surface area contributed by atoms with Gasteiger partial charge in [0.25, 0.3) is 0 Å². The Kier molecular flexibility index (Phi) is 9.74. The minimum atomic E-state index is 0. The first-order chi connectivity index (χ1) is 13.2. The Morgan fingerprint density at radius 1 is 1.00 bits per heavy atom. The van der Waals surface area contributed by atoms with Crippen molar-refractivity contribution in [2.75, 3.05) is 13.1 Å². The molecule has 1 aromatic rings. The van der Waals surface area contributed by atoms with Crippen molar-refractivity contribution in [3.8, 4) is 0 Å². The van der Waals surface area contributed by atoms with E-state index in [1.807, 2.05) is 0 Å². The van der Waals surface area contributed by atoms with Crippen LogP contribution in [0.1, 0.15) is 56.9 Å². The Morgan fingerprint density at radius 3 is 2.38 bits per heavy atom. The maximum Gasteiger partial charge on any atom is 0.223 e. The van der Waals surface area contributed by atoms with Gasteiger partial charge in [-0.25, -0.2) is 0 Å². The highest BCUT2D eigenvalue weighted by Gasteiger charge is 2.40. The van der Waals surface area contributed by atoms with Crippen LogP contribution in [0.25, 0.3) is 0 Å². The fraction of sp³-hybridized carbons (Fsp3) is 0.696. The zero-order valence-electron chi connectivity index (χ0n) is 17.3. The number of amides is 1. The molecule has 3 atom stereocenters. The second kappa shape index (κ2) is 11.5. The van der Waals surface area contributed by atoms with Gasteiger partial charge in [-0.3, -0.25) is 9.69 Å². The van der Waals surface area contributed by atoms with Crippen LogP contribution >= 0.6 is 24.8 Å². The second-order valence-corrected chi connectivity index (χ2v) is 9.05. The summed E-state index contributed by atoms with van der Waals surface area (Å²) in [5, 5.41) is 3.32. The Balaban J connectivity index is 0.00000150. The van der Waals surface area contributed by atoms with Gasteiger partial charge in [0.1, 0.15) is 0 Å². The first kappa shape index (κ1) is 24.5. The van der Waals surface area contributed by atoms with Gasteiger partial charge >= 0.3 is 0 Å². The van der Waals surface area contributed by atoms with Crippen LogP contribution in [0.3, 0.4) is 0 Å². The zero-order valence-corrected chi connectivity index (χ0v) is 18.9. The van der Waals surface area contributed by atoms with Crippen molar-refractivity contribution in [3.05, 3.63) is 35.9 Å². The number of benzene rings is 1. The van der Waals surface area contributed by atoms with Gasteiger partial charge in [0.05, 0.1) is 0 Å². The van der Waals surface area contributed by atoms with Crippen LogP contribution in [0.5, 0.6) is 0 Å². The van der Waals surface area contributed by atoms with Crippen molar-refractivity contribution in [1.29, 1.82) is 0 Å². The van der Waals surface area contributed by atoms with Crippen LogP contribution in [0.4, 0.5) is 0 Å². The molecule has 4 rings (SSSR count). The lowest BCUT2D eigenvalue weighted by molar-refractivity contribution is -0.128. The van der Waals surface area contributed by atoms with E-state index in [1.54, 1.807) is 0 Å². The van der Waals surface area contributed by atoms with Gasteiger partial charge in [-0.1, -0.05) is 43.2 Å². The number of halogens is 2. The fourth-order valence-electron chi connectivity index (χ4n) is 5.68. The van der Waals surface area contributed by atoms with E-state index < -0.39 is 0 Å². The number of hydrogen-bond acceptors (Lipinski definition) is 3. The molecule has 164 valence electrons. The lowest BCUT2D eigenvalue weighted by Gasteiger charge is -2.43. The molecule has 4 nitrogen and oxygen atoms in total. The Bertz CT molecular complexity index is 616. The Hall–Kier alpha value is -0.810. The molecule has 0 aromatic heterocycles. The van der Waals surface area contributed by atoms with Gasteiger partial charge in [-0.2, -0.15) is 0 Å². The first-order valence-corrected chi connectivity index (χ1v) is 11.0. The van der Waals surface area contributed by atoms with E-state index in [-0.39, 0.29) is 36.6 Å². The summed E-state index contributed by atoms with van der Waals surface area (Å²) >= 11 is 0. The number of likely N-dealkylation sites (tertiary alicyclic amines) is 1. The molecular formula is C23H37Cl2N3O. The molecule has 1 heterocycles. The van der Waals surface area contributed by atoms with Crippen molar-refractivity contribution < 1.29 is 4.79 Å². The molecule has 1 aliphatic heterocycles. The quantitative estimate of drug-likeness (QED) is 0.720. The molecule has 0 radical (unpaired) electrons. The number of fused-ring (bicyclic) bond motifs is 2. The maximum atomic E-state index is 12.9. The number of carbonyl (C=O) groups is 1. The third kappa shape index (κ3) is 6.10. The highest BCUT2D eigenvalue weighted by Crippen LogP contribution is 2.41. The standard InChI is InChI=1S/C23H35N3O.2ClH/c24-22-18-9-6-10-19(22)14-20(13-18)23(27)25-15-21-11-4-5-12-26(21)16-17-7-2-1-3-8-17;;/h1-3,7-8,18-22H,4-6,9-16,24H2,(H,25,27);2*1H. The van der Waals surface area contributed by atoms with Crippen LogP contribution < -0.4 is 11.1 Å². The molecule has 3 unspecified atom stereocenters. The number of nitrogens with two attached hydrogens (primary N) is 1. The molecule has 2 bridgehead atoms. The molecule has 0 spiro atoms. The predicted molar refractivity (Wildman–Crippen MR) is 124 cm³/mol. The van der Waals surface area contributed by atoms with Crippen molar-refractivity contribution in [1.82, 2.24) is 10.2 Å². The van der Waals surface area contributed by atoms with Gasteiger partial charge in [-0.15, -0.1) is 24.8 Å². The summed E-state index contributed by atoms with van der Waals surface area (Å²) in [5.41, 5.74) is 7.76. The molecule has 1 amide bonds. The van der Waals surface area contributed by atoms with Gasteiger partial charge < -0.3 is 11.1 Å². The molecule has 3 fully saturated rings. The first-order valence-electron chi connectivity index (χ1n) is 11.0. The Labute approximate surface area is 188 Å². The van der Waals surface area contributed by atoms with Gasteiger partial charge in [-0.05, 0) is 62.5 Å². The second-order valence-electron chi connectivity index (χ2n) is 9.05. The minimum absolute atomic E-state index is 0. The number of nitrogens with one attached hydrogen (secondary N) is 1. The highest BCUT2D eigenvalue weighted by molar-refractivity contribution is 5.85. The van der Waals surface area contributed by atoms with Crippen LogP contribution in [-0.4, -0.2) is 36.0 Å². The SMILES string of the molecule is Cl.Cl.NC1C2CCCC1CC(C(=O)NCC1CCCCN1Cc1ccccc1)C2. The summed E-state index contributed by atoms with van der Waals surface area (Å²) < 4.78 is 0. The summed E-state index contributed by atoms with van der Waals surface area (Å²) in [4.78, 5) is 15.4. The van der Waals surface area contributed by atoms with Gasteiger partial charge in [0.15, 0.2) is 0 Å². The summed E-state index contributed by atoms with van der Waals surface area (Å²) in [5.74, 6) is 1.60. The summed E-state index contributed by atoms with van der Waals surface area (Å²) in [7, 11) is 0. The third-order valence-corrected chi connectivity index (χ3v) is 7.27. The molecule has 29 heavy (non-hydrogen) atoms. The molecule has 2 aliphatic carbocycles. The topological polar surface area (TPSA) is 58.4 Å². The number of hydrogen-bond donors (Lipinski definition) is 2. The van der Waals surface area contributed by atoms with Crippen molar-refractivity contribution in [3.63, 3.8) is 0 Å². The predicted octanol–water partition coefficient (Wildman–Crippen LogP) is 4.15. The number of rotatable bonds is 5. The van der Waals surface area contributed by atoms with E-state index in [2.05, 4.69) is 40.5 Å². The largest absolute Gasteiger partial charge is 0.354 e. The smallest absolute Gasteiger partial charge is 0.223 e. The molecule has 3 aliphatic rings. The molecule has 1 saturated heterocycles. The van der Waals surface area contributed by atoms with Crippen LogP contribution in [0.15, 0.2) is 30.3 Å². The van der Waals surface area contributed by atoms with Crippen molar-refractivity contribution in [2.45, 2.75) is 70.0 Å². The highest BCUT2D eigenvalue weighted by atomic mass is 35.5. The van der Waals surface area contributed by atoms with Crippen molar-refractivity contribution >= 4 is 30.7 Å². The van der Waals surface area contributed by atoms with Crippen molar-refractivity contribution in [2.24, 2.45) is 23.5 Å². The number of nitrogens with zero attached hydrogens (tertiary/aromatic N) is 1. The number of piperidine rings is 1. The normalized spacial score (nSPS) is 31.8. The average molecular weight is 442 g/mol. The van der Waals surface area contributed by atoms with E-state index in [0.717, 1.165) is 32.5 Å². The molecule has 3 N–H and O–H groups in total. The monoisotopic (exact) mass is 441 g/mol. The van der Waals surface area contributed by atoms with E-state index >= 15 is 0 Å². The van der Waals surface area contributed by atoms with Crippen LogP contribution in [-0.2, 0) is 11.3 Å². The lowest BCUT2D eigenvalue weighted by Crippen LogP contribution is -2.51. The van der Waals surface area contributed by atoms with Crippen LogP contribution in [0.2, 0.25) is 0 Å². The number of carbonyl (C=O) groups excluding carboxylic acids is 1. The van der Waals surface area contributed by atoms with E-state index in [1.165, 1.54) is 44.1 Å². The average Bonchev–Trinajstić information content (AvgIpc) is 2.68. The Morgan fingerprint density at radius 2 is 1.69 bits per heavy atom. The summed E-state index contributed by atoms with van der Waals surface area (Å²) in [6, 6.07) is 11.5. The summed E-state index contributed by atoms with van der Waals surface area (Å²) in [6.07, 6.45) is 9.46. The summed E-state index contributed by atoms with van der Waals surface area (Å²) in [6.45, 7) is 2.92. The molecule has 1 aromatic carbocycles. The maximum absolute atomic E-state index is 12.9. The molecule has 6 heteroatoms. The van der Waals surface area contributed by atoms with Gasteiger partial charge in [0, 0.05) is 31.1 Å². The van der Waals surface area contributed by atoms with E-state index in [9.17, 15) is 4.79 Å². The molecule has 2 saturated carbocycles. The van der Waals surface area contributed by atoms with Crippen LogP contribution in [0, 0.1) is 17.8 Å². The fourth-order valence-corrected chi connectivity index (χ4v) is 5.68. The lowest BCUT2D eigenvalue weighted by atomic mass is 9.65. The van der Waals surface area contributed by atoms with E-state index in [4.69, 9.17) is 5.73 Å². The molecular weight excluding hydrogens is 405 g/mol. The van der Waals surface area contributed by atoms with E-state index in [0.29, 0.717) is 23.9 Å². The van der Waals surface area contributed by atoms with Gasteiger partial charge in [0.2, 0.25) is 5.91 Å². The minimum Gasteiger partial charge on any atom is -0.354 e. The zero-order chi connectivity index (χ0) is 18.6. The third-order valence-electron chi connectivity index (χ3n) is 7.27.